The summed E-state index contributed by atoms with van der Waals surface area (Å²) in [7, 11) is 0. The van der Waals surface area contributed by atoms with Gasteiger partial charge in [0.15, 0.2) is 0 Å². The summed E-state index contributed by atoms with van der Waals surface area (Å²) in [5, 5.41) is 12.9. The van der Waals surface area contributed by atoms with Gasteiger partial charge in [0.05, 0.1) is 10.8 Å². The number of fused-ring (bicyclic) bond motifs is 1. The number of nitrogens with one attached hydrogen (secondary N) is 1. The Morgan fingerprint density at radius 2 is 1.89 bits per heavy atom. The Labute approximate surface area is 171 Å². The topological polar surface area (TPSA) is 65.8 Å². The second-order valence-corrected chi connectivity index (χ2v) is 8.85. The Hall–Kier alpha value is -2.32. The van der Waals surface area contributed by atoms with Crippen molar-refractivity contribution in [1.82, 2.24) is 4.98 Å². The molecule has 1 aromatic carbocycles. The van der Waals surface area contributed by atoms with Crippen LogP contribution in [0.4, 0.5) is 5.69 Å². The van der Waals surface area contributed by atoms with E-state index in [4.69, 9.17) is 4.98 Å². The number of amides is 1. The van der Waals surface area contributed by atoms with E-state index in [9.17, 15) is 10.1 Å². The van der Waals surface area contributed by atoms with Crippen molar-refractivity contribution >= 4 is 23.4 Å². The minimum absolute atomic E-state index is 0.0781. The van der Waals surface area contributed by atoms with Gasteiger partial charge in [-0.25, -0.2) is 4.98 Å². The van der Waals surface area contributed by atoms with Crippen molar-refractivity contribution in [3.05, 3.63) is 52.2 Å². The van der Waals surface area contributed by atoms with Gasteiger partial charge in [-0.05, 0) is 81.3 Å². The van der Waals surface area contributed by atoms with Crippen LogP contribution in [0.1, 0.15) is 60.6 Å². The Bertz CT molecular complexity index is 917. The number of rotatable bonds is 4. The molecule has 0 radical (unpaired) electrons. The lowest BCUT2D eigenvalue weighted by molar-refractivity contribution is -0.115. The van der Waals surface area contributed by atoms with Crippen LogP contribution < -0.4 is 5.32 Å². The molecular formula is C23H27N3OS. The molecule has 28 heavy (non-hydrogen) atoms. The first-order valence-electron chi connectivity index (χ1n) is 9.95. The van der Waals surface area contributed by atoms with Gasteiger partial charge < -0.3 is 5.32 Å². The average Bonchev–Trinajstić information content (AvgIpc) is 2.65. The van der Waals surface area contributed by atoms with Gasteiger partial charge >= 0.3 is 0 Å². The molecule has 3 rings (SSSR count). The van der Waals surface area contributed by atoms with E-state index in [2.05, 4.69) is 18.3 Å². The SMILES string of the molecule is Cc1ccc(NC(=O)C(C)Sc2nc3c(cc2C#N)CCCCCC3)cc1C. The molecular weight excluding hydrogens is 366 g/mol. The quantitative estimate of drug-likeness (QED) is 0.711. The van der Waals surface area contributed by atoms with Crippen molar-refractivity contribution in [3.8, 4) is 6.07 Å². The molecule has 0 spiro atoms. The fourth-order valence-electron chi connectivity index (χ4n) is 3.42. The molecule has 4 nitrogen and oxygen atoms in total. The standard InChI is InChI=1S/C23H27N3OS/c1-15-10-11-20(12-16(15)2)25-22(27)17(3)28-23-19(14-24)13-18-8-6-4-5-7-9-21(18)26-23/h10-13,17H,4-9H2,1-3H3,(H,25,27). The number of anilines is 1. The van der Waals surface area contributed by atoms with Crippen molar-refractivity contribution in [1.29, 1.82) is 5.26 Å². The maximum absolute atomic E-state index is 12.7. The number of aryl methyl sites for hydroxylation is 4. The van der Waals surface area contributed by atoms with Crippen LogP contribution in [0.15, 0.2) is 29.3 Å². The first kappa shape index (κ1) is 20.4. The van der Waals surface area contributed by atoms with E-state index in [1.807, 2.05) is 38.1 Å². The third-order valence-electron chi connectivity index (χ3n) is 5.32. The largest absolute Gasteiger partial charge is 0.325 e. The number of hydrogen-bond acceptors (Lipinski definition) is 4. The number of nitrogens with zero attached hydrogens (tertiary/aromatic N) is 2. The highest BCUT2D eigenvalue weighted by molar-refractivity contribution is 8.00. The molecule has 1 atom stereocenters. The summed E-state index contributed by atoms with van der Waals surface area (Å²) in [6.07, 6.45) is 6.72. The lowest BCUT2D eigenvalue weighted by atomic mass is 9.96. The van der Waals surface area contributed by atoms with Crippen LogP contribution in [0.25, 0.3) is 0 Å². The number of carbonyl (C=O) groups excluding carboxylic acids is 1. The fraction of sp³-hybridized carbons (Fsp3) is 0.435. The van der Waals surface area contributed by atoms with E-state index in [-0.39, 0.29) is 11.2 Å². The Kier molecular flexibility index (Phi) is 6.74. The number of thioether (sulfide) groups is 1. The number of benzene rings is 1. The van der Waals surface area contributed by atoms with Gasteiger partial charge in [0, 0.05) is 11.4 Å². The summed E-state index contributed by atoms with van der Waals surface area (Å²) in [4.78, 5) is 17.5. The minimum Gasteiger partial charge on any atom is -0.325 e. The summed E-state index contributed by atoms with van der Waals surface area (Å²) in [6.45, 7) is 5.94. The second kappa shape index (κ2) is 9.25. The maximum Gasteiger partial charge on any atom is 0.237 e. The maximum atomic E-state index is 12.7. The van der Waals surface area contributed by atoms with Crippen molar-refractivity contribution in [2.45, 2.75) is 69.6 Å². The minimum atomic E-state index is -0.340. The molecule has 1 aromatic heterocycles. The highest BCUT2D eigenvalue weighted by Crippen LogP contribution is 2.29. The molecule has 0 saturated heterocycles. The Morgan fingerprint density at radius 3 is 2.61 bits per heavy atom. The molecule has 1 amide bonds. The number of carbonyl (C=O) groups is 1. The molecule has 0 saturated carbocycles. The van der Waals surface area contributed by atoms with E-state index >= 15 is 0 Å². The Morgan fingerprint density at radius 1 is 1.14 bits per heavy atom. The van der Waals surface area contributed by atoms with Crippen molar-refractivity contribution < 1.29 is 4.79 Å². The molecule has 146 valence electrons. The molecule has 1 heterocycles. The smallest absolute Gasteiger partial charge is 0.237 e. The van der Waals surface area contributed by atoms with Gasteiger partial charge in [-0.3, -0.25) is 4.79 Å². The van der Waals surface area contributed by atoms with Crippen LogP contribution in [0.2, 0.25) is 0 Å². The van der Waals surface area contributed by atoms with Crippen molar-refractivity contribution in [3.63, 3.8) is 0 Å². The predicted octanol–water partition coefficient (Wildman–Crippen LogP) is 5.35. The van der Waals surface area contributed by atoms with E-state index in [0.29, 0.717) is 10.6 Å². The highest BCUT2D eigenvalue weighted by Gasteiger charge is 2.20. The molecule has 5 heteroatoms. The van der Waals surface area contributed by atoms with Gasteiger partial charge in [0.1, 0.15) is 11.1 Å². The molecule has 0 aliphatic heterocycles. The predicted molar refractivity (Wildman–Crippen MR) is 115 cm³/mol. The molecule has 1 unspecified atom stereocenters. The first-order valence-corrected chi connectivity index (χ1v) is 10.8. The molecule has 1 aliphatic carbocycles. The van der Waals surface area contributed by atoms with Gasteiger partial charge in [0.2, 0.25) is 5.91 Å². The normalized spacial score (nSPS) is 14.9. The summed E-state index contributed by atoms with van der Waals surface area (Å²) in [6, 6.07) is 10.2. The van der Waals surface area contributed by atoms with Crippen LogP contribution in [0, 0.1) is 25.2 Å². The molecule has 2 aromatic rings. The third-order valence-corrected chi connectivity index (χ3v) is 6.42. The first-order chi connectivity index (χ1) is 13.5. The lowest BCUT2D eigenvalue weighted by Crippen LogP contribution is -2.23. The Balaban J connectivity index is 1.75. The average molecular weight is 394 g/mol. The van der Waals surface area contributed by atoms with E-state index in [0.717, 1.165) is 42.6 Å². The van der Waals surface area contributed by atoms with Gasteiger partial charge in [0.25, 0.3) is 0 Å². The summed E-state index contributed by atoms with van der Waals surface area (Å²) in [5.74, 6) is -0.0781. The zero-order chi connectivity index (χ0) is 20.1. The van der Waals surface area contributed by atoms with E-state index < -0.39 is 0 Å². The monoisotopic (exact) mass is 393 g/mol. The van der Waals surface area contributed by atoms with Gasteiger partial charge in [-0.15, -0.1) is 0 Å². The summed E-state index contributed by atoms with van der Waals surface area (Å²) >= 11 is 1.37. The van der Waals surface area contributed by atoms with Crippen molar-refractivity contribution in [2.24, 2.45) is 0 Å². The second-order valence-electron chi connectivity index (χ2n) is 7.52. The van der Waals surface area contributed by atoms with Crippen molar-refractivity contribution in [2.75, 3.05) is 5.32 Å². The van der Waals surface area contributed by atoms with Crippen LogP contribution in [-0.2, 0) is 17.6 Å². The number of pyridine rings is 1. The van der Waals surface area contributed by atoms with E-state index in [1.54, 1.807) is 0 Å². The molecule has 1 N–H and O–H groups in total. The lowest BCUT2D eigenvalue weighted by Gasteiger charge is -2.17. The molecule has 1 aliphatic rings. The number of hydrogen-bond donors (Lipinski definition) is 1. The molecule has 0 fully saturated rings. The molecule has 0 bridgehead atoms. The van der Waals surface area contributed by atoms with Crippen LogP contribution >= 0.6 is 11.8 Å². The zero-order valence-electron chi connectivity index (χ0n) is 16.8. The van der Waals surface area contributed by atoms with Crippen LogP contribution in [0.3, 0.4) is 0 Å². The summed E-state index contributed by atoms with van der Waals surface area (Å²) < 4.78 is 0. The van der Waals surface area contributed by atoms with Gasteiger partial charge in [-0.1, -0.05) is 30.7 Å². The van der Waals surface area contributed by atoms with Crippen LogP contribution in [0.5, 0.6) is 0 Å². The summed E-state index contributed by atoms with van der Waals surface area (Å²) in [5.41, 5.74) is 6.02. The number of aromatic nitrogens is 1. The van der Waals surface area contributed by atoms with E-state index in [1.165, 1.54) is 35.7 Å². The zero-order valence-corrected chi connectivity index (χ0v) is 17.7. The fourth-order valence-corrected chi connectivity index (χ4v) is 4.32. The van der Waals surface area contributed by atoms with Crippen LogP contribution in [-0.4, -0.2) is 16.1 Å². The highest BCUT2D eigenvalue weighted by atomic mass is 32.2. The number of nitriles is 1. The third kappa shape index (κ3) is 4.94. The van der Waals surface area contributed by atoms with Gasteiger partial charge in [-0.2, -0.15) is 5.26 Å².